The van der Waals surface area contributed by atoms with E-state index in [-0.39, 0.29) is 30.0 Å². The fraction of sp³-hybridized carbons (Fsp3) is 0.412. The van der Waals surface area contributed by atoms with Crippen LogP contribution < -0.4 is 20.9 Å². The van der Waals surface area contributed by atoms with Gasteiger partial charge in [0.2, 0.25) is 11.8 Å². The van der Waals surface area contributed by atoms with Crippen LogP contribution in [0.5, 0.6) is 0 Å². The van der Waals surface area contributed by atoms with Gasteiger partial charge in [-0.25, -0.2) is 4.79 Å². The maximum atomic E-state index is 12.1. The van der Waals surface area contributed by atoms with E-state index in [9.17, 15) is 19.2 Å². The molecule has 1 fully saturated rings. The Hall–Kier alpha value is -3.10. The maximum absolute atomic E-state index is 12.1. The SMILES string of the molecule is CNC(=O)CNC(=O)COC(=O)c1ccc2c(c1)NC(=O)[C@H]1CCCN21. The van der Waals surface area contributed by atoms with Gasteiger partial charge in [-0.2, -0.15) is 0 Å². The molecule has 2 heterocycles. The average Bonchev–Trinajstić information content (AvgIpc) is 3.14. The zero-order chi connectivity index (χ0) is 18.7. The summed E-state index contributed by atoms with van der Waals surface area (Å²) in [5.74, 6) is -1.68. The molecule has 1 saturated heterocycles. The molecule has 1 atom stereocenters. The van der Waals surface area contributed by atoms with Crippen molar-refractivity contribution in [3.05, 3.63) is 23.8 Å². The number of likely N-dealkylation sites (N-methyl/N-ethyl adjacent to an activating group) is 1. The molecule has 9 nitrogen and oxygen atoms in total. The van der Waals surface area contributed by atoms with Crippen LogP contribution in [-0.2, 0) is 19.1 Å². The smallest absolute Gasteiger partial charge is 0.338 e. The van der Waals surface area contributed by atoms with Crippen molar-refractivity contribution in [3.63, 3.8) is 0 Å². The van der Waals surface area contributed by atoms with Crippen molar-refractivity contribution in [2.45, 2.75) is 18.9 Å². The summed E-state index contributed by atoms with van der Waals surface area (Å²) >= 11 is 0. The van der Waals surface area contributed by atoms with Gasteiger partial charge < -0.3 is 25.6 Å². The highest BCUT2D eigenvalue weighted by atomic mass is 16.5. The number of anilines is 2. The van der Waals surface area contributed by atoms with Crippen LogP contribution in [0.1, 0.15) is 23.2 Å². The highest BCUT2D eigenvalue weighted by Crippen LogP contribution is 2.37. The molecule has 3 N–H and O–H groups in total. The van der Waals surface area contributed by atoms with Crippen molar-refractivity contribution in [1.82, 2.24) is 10.6 Å². The van der Waals surface area contributed by atoms with E-state index in [0.717, 1.165) is 25.1 Å². The Bertz CT molecular complexity index is 764. The second-order valence-electron chi connectivity index (χ2n) is 6.10. The van der Waals surface area contributed by atoms with Crippen LogP contribution in [0.3, 0.4) is 0 Å². The number of rotatable bonds is 5. The average molecular weight is 360 g/mol. The van der Waals surface area contributed by atoms with Crippen LogP contribution in [0.25, 0.3) is 0 Å². The van der Waals surface area contributed by atoms with E-state index in [2.05, 4.69) is 16.0 Å². The summed E-state index contributed by atoms with van der Waals surface area (Å²) in [5, 5.41) is 7.51. The molecule has 0 radical (unpaired) electrons. The second-order valence-corrected chi connectivity index (χ2v) is 6.10. The summed E-state index contributed by atoms with van der Waals surface area (Å²) in [6.45, 7) is 0.128. The van der Waals surface area contributed by atoms with Gasteiger partial charge >= 0.3 is 5.97 Å². The van der Waals surface area contributed by atoms with Gasteiger partial charge in [-0.05, 0) is 31.0 Å². The third-order valence-corrected chi connectivity index (χ3v) is 4.41. The van der Waals surface area contributed by atoms with E-state index in [0.29, 0.717) is 5.69 Å². The lowest BCUT2D eigenvalue weighted by Gasteiger charge is -2.33. The van der Waals surface area contributed by atoms with Crippen molar-refractivity contribution in [1.29, 1.82) is 0 Å². The number of hydrogen-bond acceptors (Lipinski definition) is 6. The van der Waals surface area contributed by atoms with Crippen LogP contribution in [0, 0.1) is 0 Å². The third-order valence-electron chi connectivity index (χ3n) is 4.41. The summed E-state index contributed by atoms with van der Waals surface area (Å²) in [6, 6.07) is 4.78. The van der Waals surface area contributed by atoms with Gasteiger partial charge in [0, 0.05) is 13.6 Å². The van der Waals surface area contributed by atoms with E-state index in [4.69, 9.17) is 4.74 Å². The Balaban J connectivity index is 1.61. The van der Waals surface area contributed by atoms with E-state index in [1.165, 1.54) is 7.05 Å². The Kier molecular flexibility index (Phi) is 5.06. The molecule has 3 amide bonds. The summed E-state index contributed by atoms with van der Waals surface area (Å²) in [4.78, 5) is 48.9. The zero-order valence-electron chi connectivity index (χ0n) is 14.3. The number of carbonyl (C=O) groups is 4. The monoisotopic (exact) mass is 360 g/mol. The van der Waals surface area contributed by atoms with Crippen LogP contribution in [0.4, 0.5) is 11.4 Å². The van der Waals surface area contributed by atoms with Gasteiger partial charge in [-0.15, -0.1) is 0 Å². The third kappa shape index (κ3) is 3.61. The molecule has 26 heavy (non-hydrogen) atoms. The standard InChI is InChI=1S/C17H20N4O5/c1-18-14(22)8-19-15(23)9-26-17(25)10-4-5-12-11(7-10)20-16(24)13-3-2-6-21(12)13/h4-5,7,13H,2-3,6,8-9H2,1H3,(H,18,22)(H,19,23)(H,20,24)/t13-/m1/s1. The van der Waals surface area contributed by atoms with Gasteiger partial charge in [0.05, 0.1) is 23.5 Å². The predicted octanol–water partition coefficient (Wildman–Crippen LogP) is -0.373. The number of ether oxygens (including phenoxy) is 1. The number of amides is 3. The van der Waals surface area contributed by atoms with Crippen LogP contribution in [0.2, 0.25) is 0 Å². The molecule has 0 aliphatic carbocycles. The Morgan fingerprint density at radius 1 is 1.31 bits per heavy atom. The lowest BCUT2D eigenvalue weighted by molar-refractivity contribution is -0.127. The fourth-order valence-corrected chi connectivity index (χ4v) is 3.09. The largest absolute Gasteiger partial charge is 0.452 e. The molecule has 2 aliphatic heterocycles. The molecule has 0 spiro atoms. The molecule has 0 aromatic heterocycles. The van der Waals surface area contributed by atoms with E-state index >= 15 is 0 Å². The quantitative estimate of drug-likeness (QED) is 0.617. The molecule has 9 heteroatoms. The first-order valence-corrected chi connectivity index (χ1v) is 8.35. The number of hydrogen-bond donors (Lipinski definition) is 3. The maximum Gasteiger partial charge on any atom is 0.338 e. The first kappa shape index (κ1) is 17.7. The van der Waals surface area contributed by atoms with Gasteiger partial charge in [0.25, 0.3) is 5.91 Å². The Morgan fingerprint density at radius 2 is 2.12 bits per heavy atom. The normalized spacial score (nSPS) is 17.7. The summed E-state index contributed by atoms with van der Waals surface area (Å²) in [7, 11) is 1.45. The highest BCUT2D eigenvalue weighted by Gasteiger charge is 2.36. The first-order valence-electron chi connectivity index (χ1n) is 8.35. The lowest BCUT2D eigenvalue weighted by atomic mass is 10.1. The minimum atomic E-state index is -0.680. The number of nitrogens with zero attached hydrogens (tertiary/aromatic N) is 1. The molecule has 0 bridgehead atoms. The molecule has 138 valence electrons. The van der Waals surface area contributed by atoms with E-state index < -0.39 is 18.5 Å². The minimum absolute atomic E-state index is 0.0749. The van der Waals surface area contributed by atoms with Crippen LogP contribution >= 0.6 is 0 Å². The van der Waals surface area contributed by atoms with Crippen molar-refractivity contribution in [2.24, 2.45) is 0 Å². The van der Waals surface area contributed by atoms with Gasteiger partial charge in [-0.3, -0.25) is 14.4 Å². The molecular weight excluding hydrogens is 340 g/mol. The van der Waals surface area contributed by atoms with Gasteiger partial charge in [0.1, 0.15) is 6.04 Å². The zero-order valence-corrected chi connectivity index (χ0v) is 14.3. The van der Waals surface area contributed by atoms with Crippen molar-refractivity contribution >= 4 is 35.1 Å². The number of esters is 1. The second kappa shape index (κ2) is 7.42. The van der Waals surface area contributed by atoms with Crippen LogP contribution in [0.15, 0.2) is 18.2 Å². The van der Waals surface area contributed by atoms with Crippen molar-refractivity contribution < 1.29 is 23.9 Å². The molecule has 0 unspecified atom stereocenters. The van der Waals surface area contributed by atoms with Crippen molar-refractivity contribution in [3.8, 4) is 0 Å². The molecule has 1 aromatic carbocycles. The molecule has 0 saturated carbocycles. The molecule has 2 aliphatic rings. The first-order chi connectivity index (χ1) is 12.5. The van der Waals surface area contributed by atoms with E-state index in [1.807, 2.05) is 4.90 Å². The Morgan fingerprint density at radius 3 is 2.88 bits per heavy atom. The fourth-order valence-electron chi connectivity index (χ4n) is 3.09. The summed E-state index contributed by atoms with van der Waals surface area (Å²) in [6.07, 6.45) is 1.77. The number of carbonyl (C=O) groups excluding carboxylic acids is 4. The molecular formula is C17H20N4O5. The highest BCUT2D eigenvalue weighted by molar-refractivity contribution is 6.05. The van der Waals surface area contributed by atoms with Gasteiger partial charge in [0.15, 0.2) is 6.61 Å². The predicted molar refractivity (Wildman–Crippen MR) is 92.8 cm³/mol. The molecule has 1 aromatic rings. The minimum Gasteiger partial charge on any atom is -0.452 e. The number of benzene rings is 1. The summed E-state index contributed by atoms with van der Waals surface area (Å²) in [5.41, 5.74) is 1.68. The van der Waals surface area contributed by atoms with E-state index in [1.54, 1.807) is 18.2 Å². The number of fused-ring (bicyclic) bond motifs is 3. The lowest BCUT2D eigenvalue weighted by Crippen LogP contribution is -2.43. The van der Waals surface area contributed by atoms with Crippen LogP contribution in [-0.4, -0.2) is 56.5 Å². The van der Waals surface area contributed by atoms with Crippen molar-refractivity contribution in [2.75, 3.05) is 37.0 Å². The Labute approximate surface area is 150 Å². The topological polar surface area (TPSA) is 117 Å². The summed E-state index contributed by atoms with van der Waals surface area (Å²) < 4.78 is 4.95. The van der Waals surface area contributed by atoms with Gasteiger partial charge in [-0.1, -0.05) is 0 Å². The molecule has 3 rings (SSSR count). The number of nitrogens with one attached hydrogen (secondary N) is 3.